The highest BCUT2D eigenvalue weighted by molar-refractivity contribution is 7.13. The highest BCUT2D eigenvalue weighted by Crippen LogP contribution is 2.25. The van der Waals surface area contributed by atoms with Gasteiger partial charge >= 0.3 is 11.7 Å². The van der Waals surface area contributed by atoms with E-state index in [1.165, 1.54) is 22.2 Å². The van der Waals surface area contributed by atoms with Gasteiger partial charge in [0.1, 0.15) is 6.61 Å². The first-order valence-corrected chi connectivity index (χ1v) is 8.13. The van der Waals surface area contributed by atoms with Crippen molar-refractivity contribution in [2.24, 2.45) is 7.05 Å². The summed E-state index contributed by atoms with van der Waals surface area (Å²) in [5.74, 6) is -1.06. The van der Waals surface area contributed by atoms with Crippen molar-refractivity contribution in [3.8, 4) is 5.69 Å². The smallest absolute Gasteiger partial charge is 0.335 e. The summed E-state index contributed by atoms with van der Waals surface area (Å²) in [5, 5.41) is 9.36. The van der Waals surface area contributed by atoms with E-state index in [1.54, 1.807) is 32.2 Å². The Morgan fingerprint density at radius 1 is 1.32 bits per heavy atom. The van der Waals surface area contributed by atoms with Crippen LogP contribution in [0.25, 0.3) is 15.8 Å². The number of hydrogen-bond acceptors (Lipinski definition) is 6. The molecule has 0 spiro atoms. The molecule has 8 nitrogen and oxygen atoms in total. The van der Waals surface area contributed by atoms with Gasteiger partial charge in [-0.2, -0.15) is 4.37 Å². The molecule has 0 aliphatic rings. The van der Waals surface area contributed by atoms with Crippen molar-refractivity contribution in [2.75, 3.05) is 6.61 Å². The Bertz CT molecular complexity index is 1080. The van der Waals surface area contributed by atoms with Gasteiger partial charge in [0, 0.05) is 24.2 Å². The lowest BCUT2D eigenvalue weighted by molar-refractivity contribution is -0.142. The Labute approximate surface area is 145 Å². The zero-order valence-corrected chi connectivity index (χ0v) is 14.4. The fourth-order valence-electron chi connectivity index (χ4n) is 2.43. The van der Waals surface area contributed by atoms with E-state index in [4.69, 9.17) is 9.84 Å². The third kappa shape index (κ3) is 3.24. The van der Waals surface area contributed by atoms with E-state index in [2.05, 4.69) is 4.37 Å². The lowest BCUT2D eigenvalue weighted by atomic mass is 10.2. The van der Waals surface area contributed by atoms with Gasteiger partial charge in [-0.05, 0) is 36.7 Å². The first kappa shape index (κ1) is 17.1. The monoisotopic (exact) mass is 361 g/mol. The van der Waals surface area contributed by atoms with Crippen LogP contribution in [0, 0.1) is 6.92 Å². The van der Waals surface area contributed by atoms with Crippen LogP contribution >= 0.6 is 11.5 Å². The van der Waals surface area contributed by atoms with Crippen LogP contribution in [-0.4, -0.2) is 31.2 Å². The van der Waals surface area contributed by atoms with Gasteiger partial charge in [0.25, 0.3) is 5.56 Å². The number of carboxylic acids is 1. The molecule has 0 unspecified atom stereocenters. The summed E-state index contributed by atoms with van der Waals surface area (Å²) >= 11 is 1.24. The van der Waals surface area contributed by atoms with E-state index in [0.29, 0.717) is 17.1 Å². The van der Waals surface area contributed by atoms with Crippen LogP contribution in [0.3, 0.4) is 0 Å². The molecule has 0 saturated carbocycles. The molecule has 2 aromatic heterocycles. The van der Waals surface area contributed by atoms with Gasteiger partial charge < -0.3 is 14.4 Å². The molecule has 3 rings (SSSR count). The minimum atomic E-state index is -1.06. The molecular weight excluding hydrogens is 346 g/mol. The average molecular weight is 361 g/mol. The molecule has 0 amide bonds. The molecule has 0 saturated heterocycles. The summed E-state index contributed by atoms with van der Waals surface area (Å²) < 4.78 is 12.7. The normalized spacial score (nSPS) is 11.1. The van der Waals surface area contributed by atoms with Crippen molar-refractivity contribution in [3.63, 3.8) is 0 Å². The van der Waals surface area contributed by atoms with Gasteiger partial charge in [0.15, 0.2) is 0 Å². The fourth-order valence-corrected chi connectivity index (χ4v) is 3.19. The Morgan fingerprint density at radius 2 is 2.08 bits per heavy atom. The molecule has 1 N–H and O–H groups in total. The maximum Gasteiger partial charge on any atom is 0.335 e. The van der Waals surface area contributed by atoms with Gasteiger partial charge in [0.2, 0.25) is 0 Å². The molecule has 0 bridgehead atoms. The Kier molecular flexibility index (Phi) is 4.51. The number of nitrogens with zero attached hydrogens (tertiary/aromatic N) is 3. The second-order valence-corrected chi connectivity index (χ2v) is 6.30. The van der Waals surface area contributed by atoms with Crippen LogP contribution in [0.2, 0.25) is 0 Å². The van der Waals surface area contributed by atoms with E-state index in [1.807, 2.05) is 0 Å². The number of fused-ring (bicyclic) bond motifs is 1. The maximum atomic E-state index is 12.4. The Morgan fingerprint density at radius 3 is 2.80 bits per heavy atom. The predicted octanol–water partition coefficient (Wildman–Crippen LogP) is 1.06. The van der Waals surface area contributed by atoms with Crippen molar-refractivity contribution < 1.29 is 14.6 Å². The number of benzene rings is 1. The van der Waals surface area contributed by atoms with Crippen molar-refractivity contribution in [1.82, 2.24) is 13.5 Å². The van der Waals surface area contributed by atoms with Crippen LogP contribution in [0.1, 0.15) is 11.4 Å². The third-order valence-corrected chi connectivity index (χ3v) is 4.68. The maximum absolute atomic E-state index is 12.4. The van der Waals surface area contributed by atoms with Crippen LogP contribution in [-0.2, 0) is 23.2 Å². The van der Waals surface area contributed by atoms with E-state index >= 15 is 0 Å². The van der Waals surface area contributed by atoms with Gasteiger partial charge in [-0.15, -0.1) is 0 Å². The number of aliphatic carboxylic acids is 1. The zero-order valence-electron chi connectivity index (χ0n) is 13.6. The summed E-state index contributed by atoms with van der Waals surface area (Å²) in [7, 11) is 1.60. The number of carbonyl (C=O) groups is 1. The molecule has 0 aliphatic carbocycles. The quantitative estimate of drug-likeness (QED) is 0.729. The Hall–Kier alpha value is -2.78. The zero-order chi connectivity index (χ0) is 18.1. The summed E-state index contributed by atoms with van der Waals surface area (Å²) in [5.41, 5.74) is 0.730. The van der Waals surface area contributed by atoms with Crippen LogP contribution in [0.4, 0.5) is 0 Å². The number of ether oxygens (including phenoxy) is 1. The highest BCUT2D eigenvalue weighted by atomic mass is 32.1. The number of aromatic nitrogens is 3. The molecule has 0 aliphatic heterocycles. The number of hydrogen-bond donors (Lipinski definition) is 1. The van der Waals surface area contributed by atoms with E-state index in [-0.39, 0.29) is 6.61 Å². The van der Waals surface area contributed by atoms with E-state index in [0.717, 1.165) is 14.7 Å². The topological polar surface area (TPSA) is 103 Å². The molecule has 0 fully saturated rings. The minimum absolute atomic E-state index is 0.0383. The van der Waals surface area contributed by atoms with Gasteiger partial charge in [-0.25, -0.2) is 14.2 Å². The molecule has 9 heteroatoms. The van der Waals surface area contributed by atoms with Crippen molar-refractivity contribution >= 4 is 27.6 Å². The van der Waals surface area contributed by atoms with Crippen molar-refractivity contribution in [1.29, 1.82) is 0 Å². The number of carboxylic acid groups (broad SMARTS) is 1. The first-order valence-electron chi connectivity index (χ1n) is 7.36. The van der Waals surface area contributed by atoms with E-state index in [9.17, 15) is 14.4 Å². The van der Waals surface area contributed by atoms with Crippen LogP contribution in [0.15, 0.2) is 33.9 Å². The summed E-state index contributed by atoms with van der Waals surface area (Å²) in [6, 6.07) is 6.54. The third-order valence-electron chi connectivity index (χ3n) is 3.81. The number of aryl methyl sites for hydroxylation is 1. The van der Waals surface area contributed by atoms with Gasteiger partial charge in [0.05, 0.1) is 22.7 Å². The predicted molar refractivity (Wildman–Crippen MR) is 92.5 cm³/mol. The summed E-state index contributed by atoms with van der Waals surface area (Å²) in [6.07, 6.45) is 0. The second kappa shape index (κ2) is 6.61. The second-order valence-electron chi connectivity index (χ2n) is 5.50. The molecule has 130 valence electrons. The summed E-state index contributed by atoms with van der Waals surface area (Å²) in [4.78, 5) is 35.3. The summed E-state index contributed by atoms with van der Waals surface area (Å²) in [6.45, 7) is 1.31. The number of rotatable bonds is 5. The lowest BCUT2D eigenvalue weighted by Crippen LogP contribution is -2.38. The highest BCUT2D eigenvalue weighted by Gasteiger charge is 2.12. The fraction of sp³-hybridized carbons (Fsp3) is 0.250. The molecule has 25 heavy (non-hydrogen) atoms. The van der Waals surface area contributed by atoms with Gasteiger partial charge in [-0.3, -0.25) is 4.79 Å². The van der Waals surface area contributed by atoms with Crippen LogP contribution < -0.4 is 11.2 Å². The van der Waals surface area contributed by atoms with Crippen LogP contribution in [0.5, 0.6) is 0 Å². The molecular formula is C16H15N3O5S. The average Bonchev–Trinajstić information content (AvgIpc) is 2.95. The minimum Gasteiger partial charge on any atom is -0.480 e. The van der Waals surface area contributed by atoms with Crippen molar-refractivity contribution in [2.45, 2.75) is 13.5 Å². The van der Waals surface area contributed by atoms with Gasteiger partial charge in [-0.1, -0.05) is 0 Å². The lowest BCUT2D eigenvalue weighted by Gasteiger charge is -2.09. The van der Waals surface area contributed by atoms with E-state index < -0.39 is 23.8 Å². The molecule has 2 heterocycles. The standard InChI is InChI=1S/C16H15N3O5S/c1-9-5-14(20)19(16(23)18(9)2)10-3-4-13-11(6-10)12(17-25-13)7-24-8-15(21)22/h3-6H,7-8H2,1-2H3,(H,21,22). The SMILES string of the molecule is Cc1cc(=O)n(-c2ccc3snc(COCC(=O)O)c3c2)c(=O)n1C. The Balaban J connectivity index is 2.07. The van der Waals surface area contributed by atoms with Crippen molar-refractivity contribution in [3.05, 3.63) is 56.5 Å². The first-order chi connectivity index (χ1) is 11.9. The molecule has 3 aromatic rings. The largest absolute Gasteiger partial charge is 0.480 e. The molecule has 0 radical (unpaired) electrons. The molecule has 0 atom stereocenters. The molecule has 1 aromatic carbocycles.